The monoisotopic (exact) mass is 583 g/mol. The van der Waals surface area contributed by atoms with E-state index in [1.54, 1.807) is 30.3 Å². The van der Waals surface area contributed by atoms with Gasteiger partial charge in [-0.15, -0.1) is 15.0 Å². The molecule has 0 saturated heterocycles. The Bertz CT molecular complexity index is 1620. The summed E-state index contributed by atoms with van der Waals surface area (Å²) >= 11 is 0. The van der Waals surface area contributed by atoms with Gasteiger partial charge in [0.1, 0.15) is 45.5 Å². The molecule has 3 N–H and O–H groups in total. The fraction of sp³-hybridized carbons (Fsp3) is 0.265. The minimum Gasteiger partial charge on any atom is -0.507 e. The lowest BCUT2D eigenvalue weighted by molar-refractivity contribution is 0.103. The number of nitrogens with zero attached hydrogens (tertiary/aromatic N) is 3. The summed E-state index contributed by atoms with van der Waals surface area (Å²) in [6.45, 7) is 2.90. The van der Waals surface area contributed by atoms with Crippen molar-refractivity contribution in [2.24, 2.45) is 0 Å². The van der Waals surface area contributed by atoms with Gasteiger partial charge >= 0.3 is 0 Å². The van der Waals surface area contributed by atoms with E-state index in [1.807, 2.05) is 30.3 Å². The second kappa shape index (κ2) is 15.3. The van der Waals surface area contributed by atoms with Crippen molar-refractivity contribution in [2.75, 3.05) is 13.7 Å². The molecule has 0 radical (unpaired) electrons. The molecule has 5 aromatic rings. The van der Waals surface area contributed by atoms with Crippen molar-refractivity contribution in [2.45, 2.75) is 45.4 Å². The molecule has 43 heavy (non-hydrogen) atoms. The maximum absolute atomic E-state index is 12.1. The first-order valence-electron chi connectivity index (χ1n) is 14.4. The summed E-state index contributed by atoms with van der Waals surface area (Å²) in [5.41, 5.74) is 2.41. The Hall–Kier alpha value is -5.05. The van der Waals surface area contributed by atoms with E-state index in [0.29, 0.717) is 23.8 Å². The Morgan fingerprint density at radius 1 is 0.698 bits per heavy atom. The van der Waals surface area contributed by atoms with Crippen LogP contribution in [0.2, 0.25) is 0 Å². The van der Waals surface area contributed by atoms with Gasteiger partial charge in [0.15, 0.2) is 5.78 Å². The molecule has 0 aliphatic carbocycles. The molecule has 0 amide bonds. The molecule has 0 fully saturated rings. The molecule has 0 aliphatic rings. The van der Waals surface area contributed by atoms with E-state index in [0.717, 1.165) is 17.5 Å². The van der Waals surface area contributed by atoms with Gasteiger partial charge in [0.05, 0.1) is 24.8 Å². The van der Waals surface area contributed by atoms with Crippen molar-refractivity contribution in [3.63, 3.8) is 0 Å². The standard InChI is InChI=1S/C20H25N3O2.C14H12O4/c1-2-3-4-5-6-9-14-25-16-12-13-19(20(24)15-16)23-21-17-10-7-8-11-18(17)22-23;1-18-9-6-7-11(13(16)8-9)14(17)10-4-2-3-5-12(10)15/h7-8,10-13,15,24H,2-6,9,14H2,1H3;2-8,15-16H,1H3. The lowest BCUT2D eigenvalue weighted by Crippen LogP contribution is -2.02. The molecule has 0 spiro atoms. The molecule has 1 heterocycles. The van der Waals surface area contributed by atoms with Crippen LogP contribution in [0.25, 0.3) is 16.7 Å². The van der Waals surface area contributed by atoms with Gasteiger partial charge < -0.3 is 24.8 Å². The third-order valence-corrected chi connectivity index (χ3v) is 6.81. The maximum Gasteiger partial charge on any atom is 0.200 e. The average molecular weight is 584 g/mol. The summed E-state index contributed by atoms with van der Waals surface area (Å²) in [6, 6.07) is 23.5. The Labute approximate surface area is 251 Å². The number of carbonyl (C=O) groups excluding carboxylic acids is 1. The summed E-state index contributed by atoms with van der Waals surface area (Å²) in [6.07, 6.45) is 7.37. The molecule has 0 atom stereocenters. The number of phenols is 3. The van der Waals surface area contributed by atoms with Crippen molar-refractivity contribution in [1.82, 2.24) is 15.0 Å². The molecule has 4 aromatic carbocycles. The number of fused-ring (bicyclic) bond motifs is 1. The van der Waals surface area contributed by atoms with Gasteiger partial charge in [-0.3, -0.25) is 4.79 Å². The fourth-order valence-corrected chi connectivity index (χ4v) is 4.44. The predicted octanol–water partition coefficient (Wildman–Crippen LogP) is 7.20. The zero-order valence-electron chi connectivity index (χ0n) is 24.4. The molecular formula is C34H37N3O6. The molecular weight excluding hydrogens is 546 g/mol. The lowest BCUT2D eigenvalue weighted by Gasteiger charge is -2.08. The van der Waals surface area contributed by atoms with Crippen LogP contribution in [0.15, 0.2) is 84.9 Å². The highest BCUT2D eigenvalue weighted by Gasteiger charge is 2.17. The van der Waals surface area contributed by atoms with Crippen LogP contribution in [0.1, 0.15) is 61.4 Å². The van der Waals surface area contributed by atoms with Crippen LogP contribution in [0.5, 0.6) is 28.7 Å². The number of ether oxygens (including phenoxy) is 2. The normalized spacial score (nSPS) is 10.7. The molecule has 0 bridgehead atoms. The zero-order chi connectivity index (χ0) is 30.6. The number of hydrogen-bond donors (Lipinski definition) is 3. The first kappa shape index (κ1) is 30.9. The van der Waals surface area contributed by atoms with E-state index in [9.17, 15) is 20.1 Å². The third kappa shape index (κ3) is 8.25. The van der Waals surface area contributed by atoms with Gasteiger partial charge in [0.25, 0.3) is 0 Å². The fourth-order valence-electron chi connectivity index (χ4n) is 4.44. The van der Waals surface area contributed by atoms with Crippen LogP contribution < -0.4 is 9.47 Å². The van der Waals surface area contributed by atoms with Crippen molar-refractivity contribution < 1.29 is 29.6 Å². The lowest BCUT2D eigenvalue weighted by atomic mass is 10.0. The number of rotatable bonds is 12. The van der Waals surface area contributed by atoms with Crippen molar-refractivity contribution in [3.05, 3.63) is 96.1 Å². The highest BCUT2D eigenvalue weighted by molar-refractivity contribution is 6.12. The number of benzene rings is 4. The topological polar surface area (TPSA) is 127 Å². The summed E-state index contributed by atoms with van der Waals surface area (Å²) in [5, 5.41) is 38.4. The largest absolute Gasteiger partial charge is 0.507 e. The van der Waals surface area contributed by atoms with E-state index in [2.05, 4.69) is 17.1 Å². The SMILES string of the molecule is CCCCCCCCOc1ccc(-n2nc3ccccc3n2)c(O)c1.COc1ccc(C(=O)c2ccccc2O)c(O)c1. The zero-order valence-corrected chi connectivity index (χ0v) is 24.4. The summed E-state index contributed by atoms with van der Waals surface area (Å²) < 4.78 is 10.7. The number of aromatic nitrogens is 3. The summed E-state index contributed by atoms with van der Waals surface area (Å²) in [5.74, 6) is 0.516. The Kier molecular flexibility index (Phi) is 11.0. The molecule has 5 rings (SSSR count). The van der Waals surface area contributed by atoms with Crippen LogP contribution in [0, 0.1) is 0 Å². The number of para-hydroxylation sites is 1. The van der Waals surface area contributed by atoms with E-state index < -0.39 is 5.78 Å². The quantitative estimate of drug-likeness (QED) is 0.104. The Morgan fingerprint density at radius 2 is 1.30 bits per heavy atom. The van der Waals surface area contributed by atoms with Gasteiger partial charge in [-0.1, -0.05) is 63.3 Å². The molecule has 9 nitrogen and oxygen atoms in total. The number of aromatic hydroxyl groups is 3. The number of carbonyl (C=O) groups is 1. The number of phenolic OH excluding ortho intramolecular Hbond substituents is 3. The highest BCUT2D eigenvalue weighted by atomic mass is 16.5. The minimum atomic E-state index is -0.437. The molecule has 0 aliphatic heterocycles. The Balaban J connectivity index is 0.000000208. The van der Waals surface area contributed by atoms with E-state index in [-0.39, 0.29) is 28.4 Å². The van der Waals surface area contributed by atoms with E-state index in [1.165, 1.54) is 68.3 Å². The number of hydrogen-bond acceptors (Lipinski definition) is 8. The van der Waals surface area contributed by atoms with Crippen molar-refractivity contribution in [3.8, 4) is 34.4 Å². The van der Waals surface area contributed by atoms with Gasteiger partial charge in [0.2, 0.25) is 0 Å². The number of methoxy groups -OCH3 is 1. The van der Waals surface area contributed by atoms with Gasteiger partial charge in [-0.05, 0) is 55.0 Å². The molecule has 9 heteroatoms. The van der Waals surface area contributed by atoms with Crippen LogP contribution in [0.4, 0.5) is 0 Å². The van der Waals surface area contributed by atoms with Crippen LogP contribution in [-0.2, 0) is 0 Å². The first-order valence-corrected chi connectivity index (χ1v) is 14.4. The van der Waals surface area contributed by atoms with Crippen molar-refractivity contribution in [1.29, 1.82) is 0 Å². The predicted molar refractivity (Wildman–Crippen MR) is 166 cm³/mol. The van der Waals surface area contributed by atoms with E-state index in [4.69, 9.17) is 9.47 Å². The van der Waals surface area contributed by atoms with Crippen LogP contribution >= 0.6 is 0 Å². The molecule has 0 saturated carbocycles. The Morgan fingerprint density at radius 3 is 1.95 bits per heavy atom. The number of unbranched alkanes of at least 4 members (excludes halogenated alkanes) is 5. The van der Waals surface area contributed by atoms with E-state index >= 15 is 0 Å². The second-order valence-corrected chi connectivity index (χ2v) is 9.97. The smallest absolute Gasteiger partial charge is 0.200 e. The van der Waals surface area contributed by atoms with Crippen molar-refractivity contribution >= 4 is 16.8 Å². The first-order chi connectivity index (χ1) is 20.9. The number of ketones is 1. The third-order valence-electron chi connectivity index (χ3n) is 6.81. The summed E-state index contributed by atoms with van der Waals surface area (Å²) in [4.78, 5) is 13.6. The molecule has 1 aromatic heterocycles. The van der Waals surface area contributed by atoms with Crippen LogP contribution in [-0.4, -0.2) is 49.8 Å². The molecule has 224 valence electrons. The highest BCUT2D eigenvalue weighted by Crippen LogP contribution is 2.29. The molecule has 0 unspecified atom stereocenters. The minimum absolute atomic E-state index is 0.112. The average Bonchev–Trinajstić information content (AvgIpc) is 3.45. The maximum atomic E-state index is 12.1. The van der Waals surface area contributed by atoms with Gasteiger partial charge in [-0.25, -0.2) is 0 Å². The second-order valence-electron chi connectivity index (χ2n) is 9.97. The van der Waals surface area contributed by atoms with Gasteiger partial charge in [0, 0.05) is 12.1 Å². The summed E-state index contributed by atoms with van der Waals surface area (Å²) in [7, 11) is 1.47. The van der Waals surface area contributed by atoms with Crippen LogP contribution in [0.3, 0.4) is 0 Å². The van der Waals surface area contributed by atoms with Gasteiger partial charge in [-0.2, -0.15) is 0 Å².